The summed E-state index contributed by atoms with van der Waals surface area (Å²) < 4.78 is 0. The summed E-state index contributed by atoms with van der Waals surface area (Å²) in [6, 6.07) is 8.64. The van der Waals surface area contributed by atoms with Crippen LogP contribution in [0.25, 0.3) is 0 Å². The van der Waals surface area contributed by atoms with E-state index in [1.54, 1.807) is 0 Å². The van der Waals surface area contributed by atoms with E-state index in [9.17, 15) is 0 Å². The van der Waals surface area contributed by atoms with Crippen molar-refractivity contribution >= 4 is 17.4 Å². The maximum absolute atomic E-state index is 3.28. The second-order valence-electron chi connectivity index (χ2n) is 2.90. The van der Waals surface area contributed by atoms with Crippen molar-refractivity contribution in [2.75, 3.05) is 17.6 Å². The van der Waals surface area contributed by atoms with Gasteiger partial charge in [0.1, 0.15) is 0 Å². The Morgan fingerprint density at radius 1 is 1.15 bits per heavy atom. The first kappa shape index (κ1) is 10.5. The molecule has 0 radical (unpaired) electrons. The normalized spacial score (nSPS) is 10.0. The van der Waals surface area contributed by atoms with Gasteiger partial charge in [-0.05, 0) is 43.4 Å². The lowest BCUT2D eigenvalue weighted by atomic mass is 10.3. The molecule has 72 valence electrons. The van der Waals surface area contributed by atoms with E-state index in [1.165, 1.54) is 22.8 Å². The summed E-state index contributed by atoms with van der Waals surface area (Å²) in [6.07, 6.45) is 1.24. The van der Waals surface area contributed by atoms with Crippen molar-refractivity contribution in [1.29, 1.82) is 0 Å². The van der Waals surface area contributed by atoms with Crippen molar-refractivity contribution < 1.29 is 0 Å². The van der Waals surface area contributed by atoms with Crippen LogP contribution in [0.2, 0.25) is 0 Å². The van der Waals surface area contributed by atoms with E-state index >= 15 is 0 Å². The van der Waals surface area contributed by atoms with Crippen LogP contribution in [-0.2, 0) is 0 Å². The second kappa shape index (κ2) is 5.92. The highest BCUT2D eigenvalue weighted by Gasteiger charge is 1.92. The summed E-state index contributed by atoms with van der Waals surface area (Å²) >= 11 is 1.92. The molecule has 0 aliphatic heterocycles. The molecule has 0 aromatic heterocycles. The molecule has 0 heterocycles. The fourth-order valence-electron chi connectivity index (χ4n) is 1.09. The van der Waals surface area contributed by atoms with Crippen molar-refractivity contribution in [2.45, 2.75) is 25.2 Å². The maximum atomic E-state index is 3.28. The fraction of sp³-hybridized carbons (Fsp3) is 0.455. The third-order valence-corrected chi connectivity index (χ3v) is 2.93. The van der Waals surface area contributed by atoms with Crippen molar-refractivity contribution in [3.8, 4) is 0 Å². The molecule has 0 atom stereocenters. The number of thioether (sulfide) groups is 1. The van der Waals surface area contributed by atoms with Crippen LogP contribution in [0.3, 0.4) is 0 Å². The Bertz CT molecular complexity index is 230. The monoisotopic (exact) mass is 195 g/mol. The van der Waals surface area contributed by atoms with Gasteiger partial charge in [0.2, 0.25) is 0 Å². The summed E-state index contributed by atoms with van der Waals surface area (Å²) in [7, 11) is 0. The zero-order valence-electron chi connectivity index (χ0n) is 8.34. The van der Waals surface area contributed by atoms with E-state index in [0.29, 0.717) is 0 Å². The average molecular weight is 195 g/mol. The van der Waals surface area contributed by atoms with Crippen LogP contribution in [-0.4, -0.2) is 12.3 Å². The Morgan fingerprint density at radius 3 is 2.38 bits per heavy atom. The highest BCUT2D eigenvalue weighted by Crippen LogP contribution is 2.20. The number of rotatable bonds is 5. The Labute approximate surface area is 84.9 Å². The SMILES string of the molecule is CCCSc1ccc(NCC)cc1. The standard InChI is InChI=1S/C11H17NS/c1-3-9-13-11-7-5-10(6-8-11)12-4-2/h5-8,12H,3-4,9H2,1-2H3. The average Bonchev–Trinajstić information content (AvgIpc) is 2.17. The molecule has 0 fully saturated rings. The first-order valence-electron chi connectivity index (χ1n) is 4.83. The minimum absolute atomic E-state index is 0.988. The quantitative estimate of drug-likeness (QED) is 0.720. The number of nitrogens with one attached hydrogen (secondary N) is 1. The zero-order chi connectivity index (χ0) is 9.52. The molecule has 0 spiro atoms. The molecule has 0 aliphatic rings. The first-order chi connectivity index (χ1) is 6.36. The Hall–Kier alpha value is -0.630. The lowest BCUT2D eigenvalue weighted by molar-refractivity contribution is 1.10. The van der Waals surface area contributed by atoms with E-state index in [-0.39, 0.29) is 0 Å². The second-order valence-corrected chi connectivity index (χ2v) is 4.07. The van der Waals surface area contributed by atoms with Crippen molar-refractivity contribution in [1.82, 2.24) is 0 Å². The van der Waals surface area contributed by atoms with Gasteiger partial charge in [-0.1, -0.05) is 6.92 Å². The molecule has 0 aliphatic carbocycles. The van der Waals surface area contributed by atoms with Crippen LogP contribution in [0.15, 0.2) is 29.2 Å². The van der Waals surface area contributed by atoms with Crippen LogP contribution >= 0.6 is 11.8 Å². The Balaban J connectivity index is 2.48. The lowest BCUT2D eigenvalue weighted by Crippen LogP contribution is -1.95. The van der Waals surface area contributed by atoms with E-state index < -0.39 is 0 Å². The zero-order valence-corrected chi connectivity index (χ0v) is 9.16. The molecule has 1 rings (SSSR count). The molecule has 1 nitrogen and oxygen atoms in total. The number of anilines is 1. The van der Waals surface area contributed by atoms with Crippen LogP contribution in [0.1, 0.15) is 20.3 Å². The predicted molar refractivity (Wildman–Crippen MR) is 61.6 cm³/mol. The van der Waals surface area contributed by atoms with E-state index in [4.69, 9.17) is 0 Å². The predicted octanol–water partition coefficient (Wildman–Crippen LogP) is 3.62. The van der Waals surface area contributed by atoms with Crippen LogP contribution in [0.5, 0.6) is 0 Å². The number of hydrogen-bond donors (Lipinski definition) is 1. The van der Waals surface area contributed by atoms with Gasteiger partial charge in [-0.3, -0.25) is 0 Å². The van der Waals surface area contributed by atoms with Crippen molar-refractivity contribution in [3.05, 3.63) is 24.3 Å². The van der Waals surface area contributed by atoms with Crippen LogP contribution in [0.4, 0.5) is 5.69 Å². The van der Waals surface area contributed by atoms with Gasteiger partial charge in [0.15, 0.2) is 0 Å². The molecular weight excluding hydrogens is 178 g/mol. The molecule has 13 heavy (non-hydrogen) atoms. The topological polar surface area (TPSA) is 12.0 Å². The van der Waals surface area contributed by atoms with Gasteiger partial charge in [0.05, 0.1) is 0 Å². The number of hydrogen-bond acceptors (Lipinski definition) is 2. The van der Waals surface area contributed by atoms with Crippen LogP contribution in [0, 0.1) is 0 Å². The molecular formula is C11H17NS. The number of benzene rings is 1. The third kappa shape index (κ3) is 3.73. The molecule has 0 bridgehead atoms. The summed E-state index contributed by atoms with van der Waals surface area (Å²) in [5, 5.41) is 3.28. The molecule has 0 saturated carbocycles. The van der Waals surface area contributed by atoms with Crippen LogP contribution < -0.4 is 5.32 Å². The molecule has 0 saturated heterocycles. The van der Waals surface area contributed by atoms with Crippen molar-refractivity contribution in [3.63, 3.8) is 0 Å². The summed E-state index contributed by atoms with van der Waals surface area (Å²) in [5.74, 6) is 1.21. The molecule has 1 aromatic carbocycles. The minimum atomic E-state index is 0.988. The smallest absolute Gasteiger partial charge is 0.0340 e. The van der Waals surface area contributed by atoms with Gasteiger partial charge in [0, 0.05) is 17.1 Å². The summed E-state index contributed by atoms with van der Waals surface area (Å²) in [5.41, 5.74) is 1.21. The van der Waals surface area contributed by atoms with Gasteiger partial charge in [-0.25, -0.2) is 0 Å². The summed E-state index contributed by atoms with van der Waals surface area (Å²) in [4.78, 5) is 1.36. The van der Waals surface area contributed by atoms with E-state index in [2.05, 4.69) is 43.4 Å². The van der Waals surface area contributed by atoms with E-state index in [0.717, 1.165) is 6.54 Å². The fourth-order valence-corrected chi connectivity index (χ4v) is 1.86. The first-order valence-corrected chi connectivity index (χ1v) is 5.82. The van der Waals surface area contributed by atoms with E-state index in [1.807, 2.05) is 11.8 Å². The molecule has 0 unspecified atom stereocenters. The third-order valence-electron chi connectivity index (χ3n) is 1.71. The highest BCUT2D eigenvalue weighted by molar-refractivity contribution is 7.99. The minimum Gasteiger partial charge on any atom is -0.385 e. The molecule has 0 amide bonds. The van der Waals surface area contributed by atoms with Gasteiger partial charge in [-0.15, -0.1) is 11.8 Å². The van der Waals surface area contributed by atoms with Gasteiger partial charge < -0.3 is 5.32 Å². The largest absolute Gasteiger partial charge is 0.385 e. The molecule has 2 heteroatoms. The highest BCUT2D eigenvalue weighted by atomic mass is 32.2. The molecule has 1 N–H and O–H groups in total. The molecule has 1 aromatic rings. The lowest BCUT2D eigenvalue weighted by Gasteiger charge is -2.04. The van der Waals surface area contributed by atoms with Gasteiger partial charge in [-0.2, -0.15) is 0 Å². The van der Waals surface area contributed by atoms with Crippen molar-refractivity contribution in [2.24, 2.45) is 0 Å². The Morgan fingerprint density at radius 2 is 1.85 bits per heavy atom. The maximum Gasteiger partial charge on any atom is 0.0340 e. The van der Waals surface area contributed by atoms with Gasteiger partial charge in [0.25, 0.3) is 0 Å². The summed E-state index contributed by atoms with van der Waals surface area (Å²) in [6.45, 7) is 5.31. The Kier molecular flexibility index (Phi) is 4.76. The van der Waals surface area contributed by atoms with Gasteiger partial charge >= 0.3 is 0 Å².